The zero-order valence-electron chi connectivity index (χ0n) is 13.4. The van der Waals surface area contributed by atoms with Crippen LogP contribution >= 0.6 is 0 Å². The molecule has 0 bridgehead atoms. The zero-order chi connectivity index (χ0) is 16.6. The molecule has 1 atom stereocenters. The van der Waals surface area contributed by atoms with Crippen LogP contribution < -0.4 is 10.6 Å². The average molecular weight is 310 g/mol. The van der Waals surface area contributed by atoms with Gasteiger partial charge >= 0.3 is 0 Å². The second kappa shape index (κ2) is 5.93. The lowest BCUT2D eigenvalue weighted by Gasteiger charge is -2.23. The van der Waals surface area contributed by atoms with E-state index in [9.17, 15) is 4.39 Å². The second-order valence-electron chi connectivity index (χ2n) is 5.78. The quantitative estimate of drug-likeness (QED) is 0.804. The summed E-state index contributed by atoms with van der Waals surface area (Å²) in [6.07, 6.45) is 1.73. The number of nitrogens with zero attached hydrogens (tertiary/aromatic N) is 3. The van der Waals surface area contributed by atoms with Crippen LogP contribution in [0.4, 0.5) is 10.1 Å². The van der Waals surface area contributed by atoms with Gasteiger partial charge in [0.25, 0.3) is 0 Å². The molecule has 3 rings (SSSR count). The molecule has 0 aliphatic carbocycles. The van der Waals surface area contributed by atoms with Crippen molar-refractivity contribution < 1.29 is 4.39 Å². The predicted octanol–water partition coefficient (Wildman–Crippen LogP) is 3.52. The van der Waals surface area contributed by atoms with Crippen molar-refractivity contribution in [3.8, 4) is 11.3 Å². The first-order valence-corrected chi connectivity index (χ1v) is 7.46. The van der Waals surface area contributed by atoms with Gasteiger partial charge in [-0.1, -0.05) is 6.07 Å². The molecule has 4 nitrogen and oxygen atoms in total. The highest BCUT2D eigenvalue weighted by atomic mass is 19.1. The van der Waals surface area contributed by atoms with Crippen LogP contribution in [0, 0.1) is 5.82 Å². The highest BCUT2D eigenvalue weighted by molar-refractivity contribution is 6.00. The number of pyridine rings is 2. The molecule has 0 fully saturated rings. The molecule has 5 heteroatoms. The molecule has 0 saturated carbocycles. The van der Waals surface area contributed by atoms with Crippen LogP contribution in [0.3, 0.4) is 0 Å². The number of hydrogen-bond donors (Lipinski definition) is 1. The maximum Gasteiger partial charge on any atom is 0.124 e. The van der Waals surface area contributed by atoms with Crippen molar-refractivity contribution in [1.82, 2.24) is 9.97 Å². The summed E-state index contributed by atoms with van der Waals surface area (Å²) in [6.45, 7) is 1.89. The monoisotopic (exact) mass is 310 g/mol. The minimum atomic E-state index is -0.289. The Labute approximate surface area is 134 Å². The molecule has 0 radical (unpaired) electrons. The lowest BCUT2D eigenvalue weighted by atomic mass is 9.98. The minimum absolute atomic E-state index is 0.264. The molecule has 0 aliphatic heterocycles. The van der Waals surface area contributed by atoms with Crippen molar-refractivity contribution in [2.45, 2.75) is 13.0 Å². The van der Waals surface area contributed by atoms with Gasteiger partial charge in [-0.15, -0.1) is 0 Å². The Balaban J connectivity index is 2.48. The van der Waals surface area contributed by atoms with E-state index in [-0.39, 0.29) is 11.9 Å². The maximum absolute atomic E-state index is 13.8. The van der Waals surface area contributed by atoms with Crippen LogP contribution in [0.2, 0.25) is 0 Å². The first-order chi connectivity index (χ1) is 11.0. The second-order valence-corrected chi connectivity index (χ2v) is 5.78. The molecule has 2 aromatic heterocycles. The third kappa shape index (κ3) is 2.75. The maximum atomic E-state index is 13.8. The molecular formula is C18H19FN4. The Morgan fingerprint density at radius 2 is 1.96 bits per heavy atom. The van der Waals surface area contributed by atoms with Crippen molar-refractivity contribution in [3.05, 3.63) is 54.1 Å². The molecule has 118 valence electrons. The lowest BCUT2D eigenvalue weighted by molar-refractivity contribution is 0.629. The topological polar surface area (TPSA) is 55.0 Å². The molecule has 1 unspecified atom stereocenters. The SMILES string of the molecule is CC(N)c1nc2ccc(F)cc2c(N(C)C)c1-c1ccccn1. The van der Waals surface area contributed by atoms with E-state index in [1.807, 2.05) is 44.1 Å². The Morgan fingerprint density at radius 3 is 2.57 bits per heavy atom. The van der Waals surface area contributed by atoms with Gasteiger partial charge in [0, 0.05) is 37.3 Å². The van der Waals surface area contributed by atoms with Crippen molar-refractivity contribution in [1.29, 1.82) is 0 Å². The normalized spacial score (nSPS) is 12.4. The third-order valence-corrected chi connectivity index (χ3v) is 3.75. The number of benzene rings is 1. The van der Waals surface area contributed by atoms with E-state index >= 15 is 0 Å². The van der Waals surface area contributed by atoms with Crippen molar-refractivity contribution in [2.24, 2.45) is 5.73 Å². The van der Waals surface area contributed by atoms with E-state index in [4.69, 9.17) is 5.73 Å². The fourth-order valence-electron chi connectivity index (χ4n) is 2.79. The van der Waals surface area contributed by atoms with E-state index < -0.39 is 0 Å². The first-order valence-electron chi connectivity index (χ1n) is 7.46. The standard InChI is InChI=1S/C18H19FN4/c1-11(20)17-16(15-6-4-5-9-21-15)18(23(2)3)13-10-12(19)7-8-14(13)22-17/h4-11H,20H2,1-3H3. The Morgan fingerprint density at radius 1 is 1.17 bits per heavy atom. The van der Waals surface area contributed by atoms with Crippen molar-refractivity contribution in [2.75, 3.05) is 19.0 Å². The smallest absolute Gasteiger partial charge is 0.124 e. The number of rotatable bonds is 3. The van der Waals surface area contributed by atoms with Gasteiger partial charge in [0.1, 0.15) is 5.82 Å². The van der Waals surface area contributed by atoms with E-state index in [1.165, 1.54) is 12.1 Å². The van der Waals surface area contributed by atoms with E-state index in [1.54, 1.807) is 12.3 Å². The summed E-state index contributed by atoms with van der Waals surface area (Å²) in [4.78, 5) is 11.1. The minimum Gasteiger partial charge on any atom is -0.377 e. The van der Waals surface area contributed by atoms with Crippen LogP contribution in [0.25, 0.3) is 22.2 Å². The van der Waals surface area contributed by atoms with Crippen LogP contribution in [-0.2, 0) is 0 Å². The molecule has 0 saturated heterocycles. The summed E-state index contributed by atoms with van der Waals surface area (Å²) in [7, 11) is 3.86. The molecule has 2 N–H and O–H groups in total. The van der Waals surface area contributed by atoms with Gasteiger partial charge in [0.2, 0.25) is 0 Å². The number of hydrogen-bond acceptors (Lipinski definition) is 4. The van der Waals surface area contributed by atoms with E-state index in [2.05, 4.69) is 9.97 Å². The summed E-state index contributed by atoms with van der Waals surface area (Å²) < 4.78 is 13.8. The van der Waals surface area contributed by atoms with Crippen molar-refractivity contribution >= 4 is 16.6 Å². The molecule has 0 aliphatic rings. The predicted molar refractivity (Wildman–Crippen MR) is 91.9 cm³/mol. The zero-order valence-corrected chi connectivity index (χ0v) is 13.4. The largest absolute Gasteiger partial charge is 0.377 e. The number of halogens is 1. The molecule has 0 spiro atoms. The van der Waals surface area contributed by atoms with Gasteiger partial charge < -0.3 is 10.6 Å². The van der Waals surface area contributed by atoms with Crippen LogP contribution in [-0.4, -0.2) is 24.1 Å². The highest BCUT2D eigenvalue weighted by Gasteiger charge is 2.21. The molecular weight excluding hydrogens is 291 g/mol. The van der Waals surface area contributed by atoms with Crippen LogP contribution in [0.5, 0.6) is 0 Å². The Bertz CT molecular complexity index is 845. The van der Waals surface area contributed by atoms with E-state index in [0.29, 0.717) is 0 Å². The van der Waals surface area contributed by atoms with Gasteiger partial charge in [-0.3, -0.25) is 9.97 Å². The summed E-state index contributed by atoms with van der Waals surface area (Å²) in [5, 5.41) is 0.750. The van der Waals surface area contributed by atoms with Gasteiger partial charge in [0.15, 0.2) is 0 Å². The lowest BCUT2D eigenvalue weighted by Crippen LogP contribution is -2.16. The summed E-state index contributed by atoms with van der Waals surface area (Å²) in [5.41, 5.74) is 10.1. The van der Waals surface area contributed by atoms with E-state index in [0.717, 1.165) is 33.5 Å². The van der Waals surface area contributed by atoms with Gasteiger partial charge in [-0.25, -0.2) is 4.39 Å². The summed E-state index contributed by atoms with van der Waals surface area (Å²) >= 11 is 0. The van der Waals surface area contributed by atoms with Gasteiger partial charge in [-0.05, 0) is 37.3 Å². The fraction of sp³-hybridized carbons (Fsp3) is 0.222. The third-order valence-electron chi connectivity index (χ3n) is 3.75. The molecule has 3 aromatic rings. The first kappa shape index (κ1) is 15.4. The highest BCUT2D eigenvalue weighted by Crippen LogP contribution is 2.39. The average Bonchev–Trinajstić information content (AvgIpc) is 2.53. The van der Waals surface area contributed by atoms with Crippen LogP contribution in [0.1, 0.15) is 18.7 Å². The number of anilines is 1. The Hall–Kier alpha value is -2.53. The molecule has 1 aromatic carbocycles. The summed E-state index contributed by atoms with van der Waals surface area (Å²) in [5.74, 6) is -0.289. The van der Waals surface area contributed by atoms with Gasteiger partial charge in [-0.2, -0.15) is 0 Å². The summed E-state index contributed by atoms with van der Waals surface area (Å²) in [6, 6.07) is 10.0. The number of nitrogens with two attached hydrogens (primary N) is 1. The molecule has 23 heavy (non-hydrogen) atoms. The van der Waals surface area contributed by atoms with Crippen molar-refractivity contribution in [3.63, 3.8) is 0 Å². The number of aromatic nitrogens is 2. The van der Waals surface area contributed by atoms with Gasteiger partial charge in [0.05, 0.1) is 22.6 Å². The fourth-order valence-corrected chi connectivity index (χ4v) is 2.79. The molecule has 0 amide bonds. The number of fused-ring (bicyclic) bond motifs is 1. The Kier molecular flexibility index (Phi) is 3.96. The van der Waals surface area contributed by atoms with Crippen LogP contribution in [0.15, 0.2) is 42.6 Å². The molecule has 2 heterocycles.